The van der Waals surface area contributed by atoms with E-state index in [1.807, 2.05) is 37.3 Å². The van der Waals surface area contributed by atoms with Gasteiger partial charge in [0.15, 0.2) is 0 Å². The summed E-state index contributed by atoms with van der Waals surface area (Å²) in [4.78, 5) is 12.3. The van der Waals surface area contributed by atoms with Gasteiger partial charge in [-0.3, -0.25) is 4.79 Å². The van der Waals surface area contributed by atoms with Gasteiger partial charge in [-0.2, -0.15) is 0 Å². The molecule has 0 fully saturated rings. The van der Waals surface area contributed by atoms with Gasteiger partial charge in [-0.05, 0) is 24.6 Å². The third kappa shape index (κ3) is 3.34. The lowest BCUT2D eigenvalue weighted by Gasteiger charge is -2.14. The van der Waals surface area contributed by atoms with Crippen LogP contribution in [0.1, 0.15) is 21.5 Å². The van der Waals surface area contributed by atoms with Gasteiger partial charge < -0.3 is 14.8 Å². The van der Waals surface area contributed by atoms with Crippen LogP contribution >= 0.6 is 0 Å². The summed E-state index contributed by atoms with van der Waals surface area (Å²) in [5, 5.41) is 2.89. The third-order valence-corrected chi connectivity index (χ3v) is 3.32. The van der Waals surface area contributed by atoms with Gasteiger partial charge >= 0.3 is 0 Å². The van der Waals surface area contributed by atoms with E-state index in [0.29, 0.717) is 23.6 Å². The van der Waals surface area contributed by atoms with E-state index < -0.39 is 0 Å². The van der Waals surface area contributed by atoms with E-state index >= 15 is 0 Å². The zero-order valence-electron chi connectivity index (χ0n) is 12.5. The molecule has 0 spiro atoms. The number of methoxy groups -OCH3 is 2. The summed E-state index contributed by atoms with van der Waals surface area (Å²) in [7, 11) is 3.15. The standard InChI is InChI=1S/C17H19NO3/c1-12-15(20-2)10-9-14(16(12)21-3)17(19)18-11-13-7-5-4-6-8-13/h4-10H,11H2,1-3H3,(H,18,19). The van der Waals surface area contributed by atoms with Crippen molar-refractivity contribution in [1.82, 2.24) is 5.32 Å². The Balaban J connectivity index is 2.17. The number of ether oxygens (including phenoxy) is 2. The first-order valence-corrected chi connectivity index (χ1v) is 6.71. The second kappa shape index (κ2) is 6.79. The molecule has 2 rings (SSSR count). The van der Waals surface area contributed by atoms with Crippen LogP contribution in [0.5, 0.6) is 11.5 Å². The van der Waals surface area contributed by atoms with Crippen LogP contribution in [0, 0.1) is 6.92 Å². The number of nitrogens with one attached hydrogen (secondary N) is 1. The van der Waals surface area contributed by atoms with Crippen molar-refractivity contribution >= 4 is 5.91 Å². The maximum absolute atomic E-state index is 12.3. The minimum atomic E-state index is -0.165. The fourth-order valence-corrected chi connectivity index (χ4v) is 2.21. The molecule has 2 aromatic carbocycles. The maximum atomic E-state index is 12.3. The first-order valence-electron chi connectivity index (χ1n) is 6.71. The van der Waals surface area contributed by atoms with Gasteiger partial charge in [0, 0.05) is 12.1 Å². The fourth-order valence-electron chi connectivity index (χ4n) is 2.21. The lowest BCUT2D eigenvalue weighted by atomic mass is 10.1. The van der Waals surface area contributed by atoms with Crippen molar-refractivity contribution in [3.8, 4) is 11.5 Å². The highest BCUT2D eigenvalue weighted by molar-refractivity contribution is 5.97. The van der Waals surface area contributed by atoms with Crippen molar-refractivity contribution in [1.29, 1.82) is 0 Å². The molecule has 0 aliphatic heterocycles. The molecule has 0 atom stereocenters. The minimum absolute atomic E-state index is 0.165. The molecule has 0 saturated carbocycles. The molecule has 2 aromatic rings. The van der Waals surface area contributed by atoms with Gasteiger partial charge in [0.05, 0.1) is 19.8 Å². The van der Waals surface area contributed by atoms with Crippen LogP contribution in [0.4, 0.5) is 0 Å². The van der Waals surface area contributed by atoms with Gasteiger partial charge in [0.2, 0.25) is 0 Å². The van der Waals surface area contributed by atoms with Crippen LogP contribution in [0.2, 0.25) is 0 Å². The molecule has 4 heteroatoms. The van der Waals surface area contributed by atoms with Crippen LogP contribution in [-0.4, -0.2) is 20.1 Å². The van der Waals surface area contributed by atoms with Gasteiger partial charge in [0.1, 0.15) is 11.5 Å². The summed E-state index contributed by atoms with van der Waals surface area (Å²) in [6.07, 6.45) is 0. The monoisotopic (exact) mass is 285 g/mol. The molecule has 0 bridgehead atoms. The quantitative estimate of drug-likeness (QED) is 0.918. The summed E-state index contributed by atoms with van der Waals surface area (Å²) in [5.74, 6) is 1.08. The van der Waals surface area contributed by atoms with Crippen molar-refractivity contribution in [3.05, 3.63) is 59.2 Å². The molecular formula is C17H19NO3. The Labute approximate surface area is 124 Å². The van der Waals surface area contributed by atoms with E-state index in [9.17, 15) is 4.79 Å². The Morgan fingerprint density at radius 1 is 1.05 bits per heavy atom. The molecule has 110 valence electrons. The van der Waals surface area contributed by atoms with Gasteiger partial charge in [-0.25, -0.2) is 0 Å². The summed E-state index contributed by atoms with van der Waals surface area (Å²) in [6, 6.07) is 13.3. The lowest BCUT2D eigenvalue weighted by molar-refractivity contribution is 0.0947. The molecule has 1 N–H and O–H groups in total. The number of rotatable bonds is 5. The van der Waals surface area contributed by atoms with Crippen molar-refractivity contribution in [2.45, 2.75) is 13.5 Å². The number of hydrogen-bond donors (Lipinski definition) is 1. The maximum Gasteiger partial charge on any atom is 0.255 e. The molecule has 0 aliphatic rings. The Morgan fingerprint density at radius 2 is 1.76 bits per heavy atom. The third-order valence-electron chi connectivity index (χ3n) is 3.32. The van der Waals surface area contributed by atoms with Crippen LogP contribution in [0.15, 0.2) is 42.5 Å². The van der Waals surface area contributed by atoms with E-state index in [1.165, 1.54) is 0 Å². The molecule has 4 nitrogen and oxygen atoms in total. The highest BCUT2D eigenvalue weighted by Gasteiger charge is 2.16. The predicted molar refractivity (Wildman–Crippen MR) is 81.9 cm³/mol. The van der Waals surface area contributed by atoms with E-state index in [0.717, 1.165) is 11.1 Å². The molecular weight excluding hydrogens is 266 g/mol. The largest absolute Gasteiger partial charge is 0.496 e. The average molecular weight is 285 g/mol. The van der Waals surface area contributed by atoms with Crippen LogP contribution in [0.3, 0.4) is 0 Å². The van der Waals surface area contributed by atoms with Crippen molar-refractivity contribution in [2.24, 2.45) is 0 Å². The number of benzene rings is 2. The lowest BCUT2D eigenvalue weighted by Crippen LogP contribution is -2.23. The smallest absolute Gasteiger partial charge is 0.255 e. The van der Waals surface area contributed by atoms with Crippen LogP contribution in [0.25, 0.3) is 0 Å². The Bertz CT molecular complexity index is 623. The molecule has 0 aromatic heterocycles. The molecule has 21 heavy (non-hydrogen) atoms. The summed E-state index contributed by atoms with van der Waals surface area (Å²) >= 11 is 0. The van der Waals surface area contributed by atoms with Gasteiger partial charge in [0.25, 0.3) is 5.91 Å². The Morgan fingerprint density at radius 3 is 2.38 bits per heavy atom. The van der Waals surface area contributed by atoms with E-state index in [2.05, 4.69) is 5.32 Å². The fraction of sp³-hybridized carbons (Fsp3) is 0.235. The van der Waals surface area contributed by atoms with Gasteiger partial charge in [-0.1, -0.05) is 30.3 Å². The first kappa shape index (κ1) is 14.9. The second-order valence-corrected chi connectivity index (χ2v) is 4.64. The molecule has 0 unspecified atom stereocenters. The molecule has 0 radical (unpaired) electrons. The van der Waals surface area contributed by atoms with Crippen LogP contribution < -0.4 is 14.8 Å². The average Bonchev–Trinajstić information content (AvgIpc) is 2.53. The zero-order valence-corrected chi connectivity index (χ0v) is 12.5. The number of carbonyl (C=O) groups excluding carboxylic acids is 1. The summed E-state index contributed by atoms with van der Waals surface area (Å²) in [6.45, 7) is 2.35. The van der Waals surface area contributed by atoms with Crippen molar-refractivity contribution < 1.29 is 14.3 Å². The van der Waals surface area contributed by atoms with Crippen molar-refractivity contribution in [3.63, 3.8) is 0 Å². The predicted octanol–water partition coefficient (Wildman–Crippen LogP) is 2.94. The van der Waals surface area contributed by atoms with Crippen LogP contribution in [-0.2, 0) is 6.54 Å². The Hall–Kier alpha value is -2.49. The number of hydrogen-bond acceptors (Lipinski definition) is 3. The topological polar surface area (TPSA) is 47.6 Å². The summed E-state index contributed by atoms with van der Waals surface area (Å²) in [5.41, 5.74) is 2.37. The molecule has 1 amide bonds. The van der Waals surface area contributed by atoms with E-state index in [-0.39, 0.29) is 5.91 Å². The second-order valence-electron chi connectivity index (χ2n) is 4.64. The molecule has 0 saturated heterocycles. The normalized spacial score (nSPS) is 10.0. The SMILES string of the molecule is COc1ccc(C(=O)NCc2ccccc2)c(OC)c1C. The summed E-state index contributed by atoms with van der Waals surface area (Å²) < 4.78 is 10.6. The Kier molecular flexibility index (Phi) is 4.82. The van der Waals surface area contributed by atoms with Crippen molar-refractivity contribution in [2.75, 3.05) is 14.2 Å². The number of carbonyl (C=O) groups is 1. The van der Waals surface area contributed by atoms with E-state index in [1.54, 1.807) is 26.4 Å². The highest BCUT2D eigenvalue weighted by atomic mass is 16.5. The zero-order chi connectivity index (χ0) is 15.2. The molecule has 0 aliphatic carbocycles. The van der Waals surface area contributed by atoms with Gasteiger partial charge in [-0.15, -0.1) is 0 Å². The first-order chi connectivity index (χ1) is 10.2. The molecule has 0 heterocycles. The number of amides is 1. The van der Waals surface area contributed by atoms with E-state index in [4.69, 9.17) is 9.47 Å². The minimum Gasteiger partial charge on any atom is -0.496 e. The highest BCUT2D eigenvalue weighted by Crippen LogP contribution is 2.31.